The van der Waals surface area contributed by atoms with Gasteiger partial charge < -0.3 is 0 Å². The number of nitrogens with one attached hydrogen (secondary N) is 2. The molecule has 2 N–H and O–H groups in total. The van der Waals surface area contributed by atoms with E-state index in [0.717, 1.165) is 28.8 Å². The van der Waals surface area contributed by atoms with Gasteiger partial charge in [-0.05, 0) is 55.5 Å². The summed E-state index contributed by atoms with van der Waals surface area (Å²) in [5, 5.41) is 6.33. The van der Waals surface area contributed by atoms with E-state index in [-0.39, 0.29) is 11.8 Å². The van der Waals surface area contributed by atoms with Crippen LogP contribution in [0.4, 0.5) is 5.69 Å². The first-order valence-corrected chi connectivity index (χ1v) is 8.60. The van der Waals surface area contributed by atoms with Gasteiger partial charge in [0, 0.05) is 34.3 Å². The molecule has 0 aliphatic carbocycles. The molecule has 3 rings (SSSR count). The molecule has 7 heteroatoms. The van der Waals surface area contributed by atoms with Crippen LogP contribution in [0.5, 0.6) is 0 Å². The van der Waals surface area contributed by atoms with Crippen molar-refractivity contribution < 1.29 is 9.59 Å². The van der Waals surface area contributed by atoms with Crippen LogP contribution in [0.3, 0.4) is 0 Å². The number of hydrazine groups is 1. The van der Waals surface area contributed by atoms with Gasteiger partial charge in [-0.25, -0.2) is 0 Å². The number of anilines is 1. The molecule has 6 nitrogen and oxygen atoms in total. The van der Waals surface area contributed by atoms with E-state index >= 15 is 0 Å². The Bertz CT molecular complexity index is 816. The van der Waals surface area contributed by atoms with E-state index in [1.807, 2.05) is 24.1 Å². The Morgan fingerprint density at radius 3 is 1.96 bits per heavy atom. The number of halogens is 1. The van der Waals surface area contributed by atoms with Gasteiger partial charge >= 0.3 is 0 Å². The third-order valence-electron chi connectivity index (χ3n) is 3.80. The monoisotopic (exact) mass is 400 g/mol. The molecule has 0 saturated heterocycles. The van der Waals surface area contributed by atoms with Crippen molar-refractivity contribution in [2.75, 3.05) is 11.6 Å². The van der Waals surface area contributed by atoms with Gasteiger partial charge in [-0.1, -0.05) is 15.9 Å². The number of hydrazone groups is 1. The lowest BCUT2D eigenvalue weighted by Gasteiger charge is -2.14. The molecule has 1 aliphatic rings. The second-order valence-corrected chi connectivity index (χ2v) is 6.59. The topological polar surface area (TPSA) is 73.8 Å². The first kappa shape index (κ1) is 17.2. The van der Waals surface area contributed by atoms with Gasteiger partial charge in [0.2, 0.25) is 0 Å². The number of carbonyl (C=O) groups excluding carboxylic acids is 2. The summed E-state index contributed by atoms with van der Waals surface area (Å²) in [4.78, 5) is 24.1. The number of nitrogens with zero attached hydrogens (tertiary/aromatic N) is 2. The van der Waals surface area contributed by atoms with Crippen molar-refractivity contribution in [3.05, 3.63) is 64.1 Å². The van der Waals surface area contributed by atoms with Crippen LogP contribution in [0.2, 0.25) is 0 Å². The molecule has 2 amide bonds. The Hall–Kier alpha value is -2.67. The maximum atomic E-state index is 12.1. The first-order valence-electron chi connectivity index (χ1n) is 7.81. The zero-order chi connectivity index (χ0) is 17.8. The minimum absolute atomic E-state index is 0.376. The Morgan fingerprint density at radius 1 is 0.960 bits per heavy atom. The molecule has 2 aromatic rings. The molecule has 128 valence electrons. The Balaban J connectivity index is 1.58. The van der Waals surface area contributed by atoms with Gasteiger partial charge in [0.1, 0.15) is 0 Å². The van der Waals surface area contributed by atoms with Crippen molar-refractivity contribution in [1.29, 1.82) is 0 Å². The summed E-state index contributed by atoms with van der Waals surface area (Å²) in [6.07, 6.45) is 0.949. The van der Waals surface area contributed by atoms with E-state index in [0.29, 0.717) is 11.1 Å². The highest BCUT2D eigenvalue weighted by molar-refractivity contribution is 9.10. The van der Waals surface area contributed by atoms with E-state index in [1.54, 1.807) is 36.4 Å². The fourth-order valence-corrected chi connectivity index (χ4v) is 2.67. The van der Waals surface area contributed by atoms with E-state index in [1.165, 1.54) is 0 Å². The normalized spacial score (nSPS) is 13.4. The van der Waals surface area contributed by atoms with Gasteiger partial charge in [-0.15, -0.1) is 0 Å². The molecule has 0 saturated carbocycles. The molecule has 0 spiro atoms. The Labute approximate surface area is 154 Å². The third-order valence-corrected chi connectivity index (χ3v) is 4.33. The number of carbonyl (C=O) groups is 2. The van der Waals surface area contributed by atoms with Gasteiger partial charge in [0.15, 0.2) is 0 Å². The molecule has 2 aromatic carbocycles. The zero-order valence-electron chi connectivity index (χ0n) is 13.6. The molecule has 0 bridgehead atoms. The molecule has 0 aromatic heterocycles. The smallest absolute Gasteiger partial charge is 0.267 e. The maximum Gasteiger partial charge on any atom is 0.269 e. The van der Waals surface area contributed by atoms with E-state index in [4.69, 9.17) is 0 Å². The van der Waals surface area contributed by atoms with Gasteiger partial charge in [0.05, 0.1) is 5.69 Å². The molecule has 0 atom stereocenters. The average molecular weight is 401 g/mol. The third kappa shape index (κ3) is 4.24. The summed E-state index contributed by atoms with van der Waals surface area (Å²) in [6, 6.07) is 14.0. The molecule has 0 radical (unpaired) electrons. The van der Waals surface area contributed by atoms with E-state index in [9.17, 15) is 9.59 Å². The second-order valence-electron chi connectivity index (χ2n) is 5.67. The van der Waals surface area contributed by atoms with Gasteiger partial charge in [0.25, 0.3) is 11.8 Å². The minimum atomic E-state index is -0.377. The largest absolute Gasteiger partial charge is 0.269 e. The van der Waals surface area contributed by atoms with Crippen molar-refractivity contribution in [2.45, 2.75) is 13.3 Å². The van der Waals surface area contributed by atoms with E-state index in [2.05, 4.69) is 31.9 Å². The predicted molar refractivity (Wildman–Crippen MR) is 101 cm³/mol. The number of hydrogen-bond donors (Lipinski definition) is 2. The highest BCUT2D eigenvalue weighted by Crippen LogP contribution is 2.19. The standard InChI is InChI=1S/C18H17BrN4O2/c1-12-10-11-23(22-12)16-8-4-14(5-9-16)18(25)21-20-17(24)13-2-6-15(19)7-3-13/h2-9H,10-11H2,1H3,(H,20,24)(H,21,25). The average Bonchev–Trinajstić information content (AvgIpc) is 3.06. The lowest BCUT2D eigenvalue weighted by molar-refractivity contribution is 0.0846. The molecule has 0 unspecified atom stereocenters. The van der Waals surface area contributed by atoms with Crippen LogP contribution in [0.15, 0.2) is 58.1 Å². The van der Waals surface area contributed by atoms with Crippen molar-refractivity contribution in [1.82, 2.24) is 10.9 Å². The summed E-state index contributed by atoms with van der Waals surface area (Å²) < 4.78 is 0.880. The van der Waals surface area contributed by atoms with E-state index < -0.39 is 0 Å². The summed E-state index contributed by atoms with van der Waals surface area (Å²) in [6.45, 7) is 2.84. The lowest BCUT2D eigenvalue weighted by atomic mass is 10.2. The van der Waals surface area contributed by atoms with Gasteiger partial charge in [-0.3, -0.25) is 25.4 Å². The number of rotatable bonds is 3. The van der Waals surface area contributed by atoms with Crippen LogP contribution in [-0.4, -0.2) is 24.1 Å². The Kier molecular flexibility index (Phi) is 5.14. The summed E-state index contributed by atoms with van der Waals surface area (Å²) in [5.74, 6) is -0.752. The molecule has 1 aliphatic heterocycles. The minimum Gasteiger partial charge on any atom is -0.267 e. The number of amides is 2. The van der Waals surface area contributed by atoms with Crippen molar-refractivity contribution in [2.24, 2.45) is 5.10 Å². The molecular weight excluding hydrogens is 384 g/mol. The van der Waals surface area contributed by atoms with Gasteiger partial charge in [-0.2, -0.15) is 5.10 Å². The number of hydrogen-bond acceptors (Lipinski definition) is 4. The fourth-order valence-electron chi connectivity index (χ4n) is 2.40. The summed E-state index contributed by atoms with van der Waals surface area (Å²) in [5.41, 5.74) is 7.77. The maximum absolute atomic E-state index is 12.1. The summed E-state index contributed by atoms with van der Waals surface area (Å²) >= 11 is 3.31. The quantitative estimate of drug-likeness (QED) is 0.777. The zero-order valence-corrected chi connectivity index (χ0v) is 15.2. The molecular formula is C18H17BrN4O2. The summed E-state index contributed by atoms with van der Waals surface area (Å²) in [7, 11) is 0. The first-order chi connectivity index (χ1) is 12.0. The SMILES string of the molecule is CC1=NN(c2ccc(C(=O)NNC(=O)c3ccc(Br)cc3)cc2)CC1. The Morgan fingerprint density at radius 2 is 1.48 bits per heavy atom. The predicted octanol–water partition coefficient (Wildman–Crippen LogP) is 3.11. The number of benzene rings is 2. The molecule has 1 heterocycles. The van der Waals surface area contributed by atoms with Crippen LogP contribution < -0.4 is 15.9 Å². The lowest BCUT2D eigenvalue weighted by Crippen LogP contribution is -2.41. The molecule has 0 fully saturated rings. The van der Waals surface area contributed by atoms with Crippen molar-refractivity contribution >= 4 is 39.1 Å². The van der Waals surface area contributed by atoms with Crippen molar-refractivity contribution in [3.8, 4) is 0 Å². The van der Waals surface area contributed by atoms with Crippen LogP contribution in [0.25, 0.3) is 0 Å². The highest BCUT2D eigenvalue weighted by atomic mass is 79.9. The fraction of sp³-hybridized carbons (Fsp3) is 0.167. The van der Waals surface area contributed by atoms with Crippen LogP contribution in [0, 0.1) is 0 Å². The van der Waals surface area contributed by atoms with Crippen LogP contribution in [-0.2, 0) is 0 Å². The van der Waals surface area contributed by atoms with Crippen LogP contribution in [0.1, 0.15) is 34.1 Å². The highest BCUT2D eigenvalue weighted by Gasteiger charge is 2.14. The van der Waals surface area contributed by atoms with Crippen LogP contribution >= 0.6 is 15.9 Å². The van der Waals surface area contributed by atoms with Crippen molar-refractivity contribution in [3.63, 3.8) is 0 Å². The molecule has 25 heavy (non-hydrogen) atoms. The second kappa shape index (κ2) is 7.48.